The van der Waals surface area contributed by atoms with E-state index in [1.807, 2.05) is 0 Å². The zero-order chi connectivity index (χ0) is 38.9. The van der Waals surface area contributed by atoms with Gasteiger partial charge in [-0.2, -0.15) is 0 Å². The Kier molecular flexibility index (Phi) is 7.68. The number of aliphatic imine (C=N–C) groups is 1. The Labute approximate surface area is 343 Å². The molecule has 1 nitrogen and oxygen atoms in total. The Morgan fingerprint density at radius 2 is 0.780 bits per heavy atom. The standard InChI is InChI=1S/C58H37N/c1-2-14-37(15-3-1)42-31-32-43-36-53(59-54(43)35-42)39-27-29-40(30-28-39)55-45-18-6-10-22-49(45)57(50-23-11-7-19-46(50)55)58-51-24-12-8-20-47(51)56(48-21-9-13-25-52(48)58)44-33-26-38-16-4-5-17-41(38)34-44/h1-36,43H. The van der Waals surface area contributed by atoms with Crippen LogP contribution in [-0.4, -0.2) is 5.71 Å². The molecule has 12 rings (SSSR count). The Morgan fingerprint density at radius 1 is 0.339 bits per heavy atom. The second-order valence-electron chi connectivity index (χ2n) is 15.8. The summed E-state index contributed by atoms with van der Waals surface area (Å²) >= 11 is 0. The normalized spacial score (nSPS) is 14.8. The van der Waals surface area contributed by atoms with Crippen LogP contribution in [0.2, 0.25) is 0 Å². The molecular weight excluding hydrogens is 711 g/mol. The molecule has 0 amide bonds. The minimum absolute atomic E-state index is 0.200. The van der Waals surface area contributed by atoms with Gasteiger partial charge in [0.2, 0.25) is 0 Å². The summed E-state index contributed by atoms with van der Waals surface area (Å²) in [7, 11) is 0. The average Bonchev–Trinajstić information content (AvgIpc) is 3.74. The van der Waals surface area contributed by atoms with Crippen LogP contribution in [0.1, 0.15) is 11.1 Å². The van der Waals surface area contributed by atoms with Crippen molar-refractivity contribution >= 4 is 70.8 Å². The molecular formula is C58H37N. The predicted octanol–water partition coefficient (Wildman–Crippen LogP) is 15.5. The summed E-state index contributed by atoms with van der Waals surface area (Å²) in [5.74, 6) is 0.200. The molecule has 0 saturated carbocycles. The molecule has 10 aromatic rings. The van der Waals surface area contributed by atoms with Crippen molar-refractivity contribution in [3.05, 3.63) is 230 Å². The van der Waals surface area contributed by atoms with Crippen molar-refractivity contribution in [1.29, 1.82) is 0 Å². The van der Waals surface area contributed by atoms with E-state index >= 15 is 0 Å². The van der Waals surface area contributed by atoms with Crippen LogP contribution in [0.4, 0.5) is 0 Å². The van der Waals surface area contributed by atoms with E-state index in [0.29, 0.717) is 0 Å². The van der Waals surface area contributed by atoms with Gasteiger partial charge in [0.25, 0.3) is 0 Å². The van der Waals surface area contributed by atoms with Crippen molar-refractivity contribution in [2.24, 2.45) is 10.9 Å². The lowest BCUT2D eigenvalue weighted by atomic mass is 9.81. The number of hydrogen-bond donors (Lipinski definition) is 0. The zero-order valence-electron chi connectivity index (χ0n) is 32.3. The van der Waals surface area contributed by atoms with Crippen LogP contribution in [-0.2, 0) is 0 Å². The fraction of sp³-hybridized carbons (Fsp3) is 0.0172. The van der Waals surface area contributed by atoms with Gasteiger partial charge in [-0.05, 0) is 122 Å². The maximum absolute atomic E-state index is 5.14. The quantitative estimate of drug-likeness (QED) is 0.156. The van der Waals surface area contributed by atoms with E-state index < -0.39 is 0 Å². The van der Waals surface area contributed by atoms with Crippen LogP contribution in [0.5, 0.6) is 0 Å². The van der Waals surface area contributed by atoms with Crippen molar-refractivity contribution in [3.8, 4) is 33.4 Å². The van der Waals surface area contributed by atoms with Crippen LogP contribution in [0.3, 0.4) is 0 Å². The van der Waals surface area contributed by atoms with Crippen LogP contribution in [0.15, 0.2) is 223 Å². The molecule has 2 aliphatic rings. The summed E-state index contributed by atoms with van der Waals surface area (Å²) in [6.07, 6.45) is 9.03. The van der Waals surface area contributed by atoms with Gasteiger partial charge in [-0.15, -0.1) is 0 Å². The summed E-state index contributed by atoms with van der Waals surface area (Å²) in [5, 5.41) is 12.5. The third-order valence-corrected chi connectivity index (χ3v) is 12.4. The molecule has 1 aliphatic heterocycles. The van der Waals surface area contributed by atoms with Gasteiger partial charge in [0, 0.05) is 5.92 Å². The van der Waals surface area contributed by atoms with E-state index in [1.165, 1.54) is 98.4 Å². The topological polar surface area (TPSA) is 12.4 Å². The highest BCUT2D eigenvalue weighted by Crippen LogP contribution is 2.50. The molecule has 0 aromatic heterocycles. The smallest absolute Gasteiger partial charge is 0.0675 e. The van der Waals surface area contributed by atoms with E-state index in [9.17, 15) is 0 Å². The lowest BCUT2D eigenvalue weighted by Gasteiger charge is -2.22. The minimum atomic E-state index is 0.200. The predicted molar refractivity (Wildman–Crippen MR) is 253 cm³/mol. The molecule has 0 saturated heterocycles. The Balaban J connectivity index is 1.03. The molecule has 1 aliphatic carbocycles. The summed E-state index contributed by atoms with van der Waals surface area (Å²) in [6.45, 7) is 0. The molecule has 1 atom stereocenters. The fourth-order valence-corrected chi connectivity index (χ4v) is 9.74. The molecule has 10 aromatic carbocycles. The Morgan fingerprint density at radius 3 is 1.34 bits per heavy atom. The second-order valence-corrected chi connectivity index (χ2v) is 15.8. The molecule has 59 heavy (non-hydrogen) atoms. The average molecular weight is 748 g/mol. The molecule has 0 bridgehead atoms. The van der Waals surface area contributed by atoms with Gasteiger partial charge in [0.1, 0.15) is 0 Å². The van der Waals surface area contributed by atoms with Crippen LogP contribution in [0.25, 0.3) is 98.5 Å². The van der Waals surface area contributed by atoms with Crippen LogP contribution in [0, 0.1) is 5.92 Å². The van der Waals surface area contributed by atoms with Gasteiger partial charge in [0.15, 0.2) is 0 Å². The first-order valence-corrected chi connectivity index (χ1v) is 20.5. The molecule has 0 N–H and O–H groups in total. The van der Waals surface area contributed by atoms with Crippen molar-refractivity contribution in [1.82, 2.24) is 0 Å². The van der Waals surface area contributed by atoms with Gasteiger partial charge in [-0.1, -0.05) is 200 Å². The summed E-state index contributed by atoms with van der Waals surface area (Å²) < 4.78 is 0. The van der Waals surface area contributed by atoms with Gasteiger partial charge in [0.05, 0.1) is 11.4 Å². The lowest BCUT2D eigenvalue weighted by molar-refractivity contribution is 1.17. The van der Waals surface area contributed by atoms with Crippen molar-refractivity contribution < 1.29 is 0 Å². The first kappa shape index (κ1) is 33.5. The summed E-state index contributed by atoms with van der Waals surface area (Å²) in [4.78, 5) is 5.14. The van der Waals surface area contributed by atoms with Crippen molar-refractivity contribution in [3.63, 3.8) is 0 Å². The second kappa shape index (κ2) is 13.5. The van der Waals surface area contributed by atoms with E-state index in [4.69, 9.17) is 4.99 Å². The molecule has 1 unspecified atom stereocenters. The highest BCUT2D eigenvalue weighted by molar-refractivity contribution is 6.30. The van der Waals surface area contributed by atoms with E-state index in [-0.39, 0.29) is 5.92 Å². The number of hydrogen-bond acceptors (Lipinski definition) is 1. The number of fused-ring (bicyclic) bond motifs is 6. The maximum atomic E-state index is 5.14. The molecule has 1 heteroatoms. The largest absolute Gasteiger partial charge is 0.252 e. The summed E-state index contributed by atoms with van der Waals surface area (Å²) in [6, 6.07) is 71.2. The van der Waals surface area contributed by atoms with E-state index in [2.05, 4.69) is 218 Å². The molecule has 0 spiro atoms. The van der Waals surface area contributed by atoms with Crippen LogP contribution < -0.4 is 0 Å². The number of benzene rings is 10. The molecule has 0 radical (unpaired) electrons. The first-order chi connectivity index (χ1) is 29.3. The molecule has 1 heterocycles. The highest BCUT2D eigenvalue weighted by atomic mass is 14.8. The van der Waals surface area contributed by atoms with Crippen molar-refractivity contribution in [2.75, 3.05) is 0 Å². The number of allylic oxidation sites excluding steroid dienone is 5. The first-order valence-electron chi connectivity index (χ1n) is 20.5. The van der Waals surface area contributed by atoms with E-state index in [1.54, 1.807) is 0 Å². The van der Waals surface area contributed by atoms with E-state index in [0.717, 1.165) is 17.0 Å². The van der Waals surface area contributed by atoms with Gasteiger partial charge >= 0.3 is 0 Å². The van der Waals surface area contributed by atoms with Gasteiger partial charge < -0.3 is 0 Å². The Bertz CT molecular complexity index is 3360. The lowest BCUT2D eigenvalue weighted by Crippen LogP contribution is -2.07. The summed E-state index contributed by atoms with van der Waals surface area (Å²) in [5.41, 5.74) is 13.2. The Hall–Kier alpha value is -7.61. The number of rotatable bonds is 5. The zero-order valence-corrected chi connectivity index (χ0v) is 32.3. The van der Waals surface area contributed by atoms with Gasteiger partial charge in [-0.25, -0.2) is 0 Å². The van der Waals surface area contributed by atoms with Gasteiger partial charge in [-0.3, -0.25) is 4.99 Å². The molecule has 274 valence electrons. The fourth-order valence-electron chi connectivity index (χ4n) is 9.74. The van der Waals surface area contributed by atoms with Crippen molar-refractivity contribution in [2.45, 2.75) is 0 Å². The number of nitrogens with zero attached hydrogens (tertiary/aromatic N) is 1. The SMILES string of the molecule is C1=CC2C=C(c3ccc(-c4c5ccccc5c(-c5c6ccccc6c(-c6ccc7ccccc7c6)c6ccccc56)c5ccccc45)cc3)N=C2C=C1c1ccccc1. The minimum Gasteiger partial charge on any atom is -0.252 e. The monoisotopic (exact) mass is 747 g/mol. The maximum Gasteiger partial charge on any atom is 0.0675 e. The van der Waals surface area contributed by atoms with Crippen LogP contribution >= 0.6 is 0 Å². The molecule has 0 fully saturated rings. The highest BCUT2D eigenvalue weighted by Gasteiger charge is 2.24. The third kappa shape index (κ3) is 5.43. The third-order valence-electron chi connectivity index (χ3n) is 12.4.